The van der Waals surface area contributed by atoms with Crippen LogP contribution >= 0.6 is 0 Å². The molecule has 3 heterocycles. The lowest BCUT2D eigenvalue weighted by Crippen LogP contribution is -2.36. The molecule has 2 aliphatic rings. The van der Waals surface area contributed by atoms with E-state index in [0.717, 1.165) is 72.7 Å². The maximum Gasteiger partial charge on any atom is 0.138 e. The molecule has 1 N–H and O–H groups in total. The van der Waals surface area contributed by atoms with Crippen LogP contribution in [0.2, 0.25) is 0 Å². The summed E-state index contributed by atoms with van der Waals surface area (Å²) < 4.78 is 17.1. The van der Waals surface area contributed by atoms with Crippen LogP contribution in [0, 0.1) is 11.3 Å². The second kappa shape index (κ2) is 10.0. The Morgan fingerprint density at radius 2 is 1.72 bits per heavy atom. The highest BCUT2D eigenvalue weighted by Crippen LogP contribution is 2.33. The van der Waals surface area contributed by atoms with E-state index in [1.807, 2.05) is 36.4 Å². The van der Waals surface area contributed by atoms with Gasteiger partial charge in [0.05, 0.1) is 43.0 Å². The number of hydrogen-bond donors (Lipinski definition) is 1. The molecule has 2 saturated heterocycles. The van der Waals surface area contributed by atoms with E-state index in [2.05, 4.69) is 40.2 Å². The summed E-state index contributed by atoms with van der Waals surface area (Å²) in [5, 5.41) is 9.83. The molecule has 0 saturated carbocycles. The van der Waals surface area contributed by atoms with Gasteiger partial charge in [0.25, 0.3) is 0 Å². The maximum absolute atomic E-state index is 9.83. The molecule has 0 spiro atoms. The Bertz CT molecular complexity index is 1410. The van der Waals surface area contributed by atoms with Crippen LogP contribution < -0.4 is 9.64 Å². The SMILES string of the molecule is N#Cc1cc(-c2cccc3[nH]c(-c4cccc(N5CCOCC5)c4)nc23)ccc1OC1CCOCC1. The van der Waals surface area contributed by atoms with E-state index >= 15 is 0 Å². The number of aromatic amines is 1. The smallest absolute Gasteiger partial charge is 0.138 e. The highest BCUT2D eigenvalue weighted by Gasteiger charge is 2.19. The molecule has 0 amide bonds. The minimum Gasteiger partial charge on any atom is -0.489 e. The van der Waals surface area contributed by atoms with E-state index in [-0.39, 0.29) is 6.10 Å². The summed E-state index contributed by atoms with van der Waals surface area (Å²) in [5.74, 6) is 1.45. The number of aromatic nitrogens is 2. The fourth-order valence-corrected chi connectivity index (χ4v) is 4.93. The molecule has 182 valence electrons. The van der Waals surface area contributed by atoms with Crippen molar-refractivity contribution in [3.8, 4) is 34.3 Å². The number of nitrogens with zero attached hydrogens (tertiary/aromatic N) is 3. The Balaban J connectivity index is 1.32. The van der Waals surface area contributed by atoms with Crippen LogP contribution in [0.1, 0.15) is 18.4 Å². The lowest BCUT2D eigenvalue weighted by Gasteiger charge is -2.29. The Morgan fingerprint density at radius 3 is 2.56 bits per heavy atom. The van der Waals surface area contributed by atoms with E-state index in [0.29, 0.717) is 24.5 Å². The van der Waals surface area contributed by atoms with E-state index in [9.17, 15) is 5.26 Å². The molecule has 0 radical (unpaired) electrons. The van der Waals surface area contributed by atoms with Gasteiger partial charge in [-0.25, -0.2) is 4.98 Å². The van der Waals surface area contributed by atoms with Crippen molar-refractivity contribution < 1.29 is 14.2 Å². The van der Waals surface area contributed by atoms with Crippen LogP contribution in [0.25, 0.3) is 33.5 Å². The third kappa shape index (κ3) is 4.53. The first kappa shape index (κ1) is 22.6. The van der Waals surface area contributed by atoms with E-state index in [1.165, 1.54) is 5.69 Å². The third-order valence-corrected chi connectivity index (χ3v) is 6.88. The van der Waals surface area contributed by atoms with Crippen LogP contribution in [-0.2, 0) is 9.47 Å². The van der Waals surface area contributed by atoms with Crippen molar-refractivity contribution in [3.05, 3.63) is 66.2 Å². The molecule has 0 aliphatic carbocycles. The minimum atomic E-state index is 0.0854. The van der Waals surface area contributed by atoms with Crippen molar-refractivity contribution in [1.82, 2.24) is 9.97 Å². The van der Waals surface area contributed by atoms with Crippen molar-refractivity contribution in [2.45, 2.75) is 18.9 Å². The molecule has 7 nitrogen and oxygen atoms in total. The zero-order valence-corrected chi connectivity index (χ0v) is 20.1. The summed E-state index contributed by atoms with van der Waals surface area (Å²) in [4.78, 5) is 10.8. The van der Waals surface area contributed by atoms with Crippen LogP contribution in [0.3, 0.4) is 0 Å². The number of morpholine rings is 1. The molecule has 4 aromatic rings. The summed E-state index contributed by atoms with van der Waals surface area (Å²) in [6.45, 7) is 4.68. The quantitative estimate of drug-likeness (QED) is 0.425. The number of nitrogens with one attached hydrogen (secondary N) is 1. The van der Waals surface area contributed by atoms with Gasteiger partial charge in [0.15, 0.2) is 0 Å². The van der Waals surface area contributed by atoms with E-state index in [4.69, 9.17) is 19.2 Å². The largest absolute Gasteiger partial charge is 0.489 e. The van der Waals surface area contributed by atoms with Crippen molar-refractivity contribution in [3.63, 3.8) is 0 Å². The number of H-pyrrole nitrogens is 1. The number of benzene rings is 3. The summed E-state index contributed by atoms with van der Waals surface area (Å²) in [6.07, 6.45) is 1.77. The number of imidazole rings is 1. The fraction of sp³-hybridized carbons (Fsp3) is 0.310. The number of nitriles is 1. The number of ether oxygens (including phenoxy) is 3. The Labute approximate surface area is 210 Å². The Hall–Kier alpha value is -3.86. The minimum absolute atomic E-state index is 0.0854. The van der Waals surface area contributed by atoms with Gasteiger partial charge in [-0.1, -0.05) is 30.3 Å². The number of fused-ring (bicyclic) bond motifs is 1. The van der Waals surface area contributed by atoms with Crippen LogP contribution in [-0.4, -0.2) is 55.6 Å². The van der Waals surface area contributed by atoms with Gasteiger partial charge in [0.2, 0.25) is 0 Å². The van der Waals surface area contributed by atoms with E-state index in [1.54, 1.807) is 0 Å². The van der Waals surface area contributed by atoms with Gasteiger partial charge in [0.1, 0.15) is 23.7 Å². The predicted octanol–water partition coefficient (Wildman–Crippen LogP) is 5.16. The fourth-order valence-electron chi connectivity index (χ4n) is 4.93. The average molecular weight is 481 g/mol. The first-order chi connectivity index (χ1) is 17.8. The van der Waals surface area contributed by atoms with Gasteiger partial charge >= 0.3 is 0 Å². The number of hydrogen-bond acceptors (Lipinski definition) is 6. The summed E-state index contributed by atoms with van der Waals surface area (Å²) in [5.41, 5.74) is 6.51. The van der Waals surface area contributed by atoms with Crippen LogP contribution in [0.15, 0.2) is 60.7 Å². The maximum atomic E-state index is 9.83. The topological polar surface area (TPSA) is 83.4 Å². The summed E-state index contributed by atoms with van der Waals surface area (Å²) >= 11 is 0. The molecule has 0 unspecified atom stereocenters. The van der Waals surface area contributed by atoms with E-state index < -0.39 is 0 Å². The number of rotatable bonds is 5. The summed E-state index contributed by atoms with van der Waals surface area (Å²) in [6, 6.07) is 22.7. The first-order valence-corrected chi connectivity index (χ1v) is 12.5. The molecule has 6 rings (SSSR count). The molecular weight excluding hydrogens is 452 g/mol. The van der Waals surface area contributed by atoms with Gasteiger partial charge < -0.3 is 24.1 Å². The zero-order valence-electron chi connectivity index (χ0n) is 20.1. The molecule has 1 aromatic heterocycles. The molecule has 0 bridgehead atoms. The second-order valence-corrected chi connectivity index (χ2v) is 9.19. The van der Waals surface area contributed by atoms with Gasteiger partial charge in [-0.15, -0.1) is 0 Å². The monoisotopic (exact) mass is 480 g/mol. The van der Waals surface area contributed by atoms with Gasteiger partial charge in [-0.3, -0.25) is 0 Å². The van der Waals surface area contributed by atoms with Crippen molar-refractivity contribution in [2.24, 2.45) is 0 Å². The molecular formula is C29H28N4O3. The molecule has 0 atom stereocenters. The standard InChI is InChI=1S/C29H28N4O3/c30-19-22-17-20(7-8-27(22)36-24-9-13-34-14-10-24)25-5-2-6-26-28(25)32-29(31-26)21-3-1-4-23(18-21)33-11-15-35-16-12-33/h1-8,17-18,24H,9-16H2,(H,31,32). The molecule has 2 aliphatic heterocycles. The summed E-state index contributed by atoms with van der Waals surface area (Å²) in [7, 11) is 0. The Kier molecular flexibility index (Phi) is 6.29. The predicted molar refractivity (Wildman–Crippen MR) is 139 cm³/mol. The zero-order chi connectivity index (χ0) is 24.3. The highest BCUT2D eigenvalue weighted by molar-refractivity contribution is 5.94. The lowest BCUT2D eigenvalue weighted by atomic mass is 10.0. The molecule has 7 heteroatoms. The van der Waals surface area contributed by atoms with Gasteiger partial charge in [-0.05, 0) is 35.9 Å². The molecule has 3 aromatic carbocycles. The van der Waals surface area contributed by atoms with Gasteiger partial charge in [-0.2, -0.15) is 5.26 Å². The molecule has 36 heavy (non-hydrogen) atoms. The average Bonchev–Trinajstić information content (AvgIpc) is 3.39. The lowest BCUT2D eigenvalue weighted by molar-refractivity contribution is 0.0254. The Morgan fingerprint density at radius 1 is 0.917 bits per heavy atom. The molecule has 2 fully saturated rings. The highest BCUT2D eigenvalue weighted by atomic mass is 16.5. The van der Waals surface area contributed by atoms with Crippen molar-refractivity contribution in [2.75, 3.05) is 44.4 Å². The normalized spacial score (nSPS) is 16.7. The van der Waals surface area contributed by atoms with Crippen molar-refractivity contribution >= 4 is 16.7 Å². The van der Waals surface area contributed by atoms with Gasteiger partial charge in [0, 0.05) is 42.7 Å². The van der Waals surface area contributed by atoms with Crippen LogP contribution in [0.5, 0.6) is 5.75 Å². The first-order valence-electron chi connectivity index (χ1n) is 12.5. The van der Waals surface area contributed by atoms with Crippen LogP contribution in [0.4, 0.5) is 5.69 Å². The third-order valence-electron chi connectivity index (χ3n) is 6.88. The number of anilines is 1. The van der Waals surface area contributed by atoms with Crippen molar-refractivity contribution in [1.29, 1.82) is 5.26 Å². The number of para-hydroxylation sites is 1. The second-order valence-electron chi connectivity index (χ2n) is 9.19.